The molecule has 7 heteroatoms. The number of benzene rings is 1. The van der Waals surface area contributed by atoms with Crippen LogP contribution in [-0.2, 0) is 16.6 Å². The fourth-order valence-electron chi connectivity index (χ4n) is 2.56. The van der Waals surface area contributed by atoms with Crippen molar-refractivity contribution in [1.29, 1.82) is 0 Å². The first kappa shape index (κ1) is 16.6. The molecule has 0 saturated heterocycles. The van der Waals surface area contributed by atoms with Crippen LogP contribution in [0.2, 0.25) is 0 Å². The molecule has 3 rings (SSSR count). The number of nitrogens with zero attached hydrogens (tertiary/aromatic N) is 2. The zero-order valence-electron chi connectivity index (χ0n) is 13.7. The highest BCUT2D eigenvalue weighted by molar-refractivity contribution is 7.87. The molecule has 0 atom stereocenters. The predicted molar refractivity (Wildman–Crippen MR) is 95.8 cm³/mol. The molecule has 0 amide bonds. The highest BCUT2D eigenvalue weighted by Gasteiger charge is 2.12. The number of rotatable bonds is 6. The van der Waals surface area contributed by atoms with Crippen molar-refractivity contribution in [2.24, 2.45) is 0 Å². The first-order chi connectivity index (χ1) is 11.5. The lowest BCUT2D eigenvalue weighted by Crippen LogP contribution is -2.36. The van der Waals surface area contributed by atoms with Crippen molar-refractivity contribution in [3.8, 4) is 11.1 Å². The van der Waals surface area contributed by atoms with E-state index in [0.717, 1.165) is 27.6 Å². The van der Waals surface area contributed by atoms with E-state index in [4.69, 9.17) is 0 Å². The van der Waals surface area contributed by atoms with Crippen molar-refractivity contribution in [3.05, 3.63) is 54.5 Å². The Labute approximate surface area is 141 Å². The summed E-state index contributed by atoms with van der Waals surface area (Å²) in [6, 6.07) is 10.2. The number of hydrogen-bond donors (Lipinski definition) is 2. The molecule has 3 aromatic rings. The number of aromatic nitrogens is 2. The maximum absolute atomic E-state index is 11.7. The zero-order valence-corrected chi connectivity index (χ0v) is 14.5. The third-order valence-electron chi connectivity index (χ3n) is 3.94. The van der Waals surface area contributed by atoms with E-state index < -0.39 is 10.2 Å². The molecule has 2 heterocycles. The van der Waals surface area contributed by atoms with Gasteiger partial charge < -0.3 is 4.98 Å². The second-order valence-electron chi connectivity index (χ2n) is 5.74. The van der Waals surface area contributed by atoms with Crippen LogP contribution < -0.4 is 4.72 Å². The Morgan fingerprint density at radius 3 is 2.58 bits per heavy atom. The van der Waals surface area contributed by atoms with Gasteiger partial charge in [-0.05, 0) is 41.3 Å². The van der Waals surface area contributed by atoms with Crippen LogP contribution in [0.25, 0.3) is 22.0 Å². The lowest BCUT2D eigenvalue weighted by atomic mass is 10.0. The molecule has 2 aromatic heterocycles. The highest BCUT2D eigenvalue weighted by Crippen LogP contribution is 2.25. The van der Waals surface area contributed by atoms with E-state index in [1.165, 1.54) is 18.4 Å². The summed E-state index contributed by atoms with van der Waals surface area (Å²) in [6.07, 6.45) is 6.11. The van der Waals surface area contributed by atoms with E-state index in [-0.39, 0.29) is 0 Å². The first-order valence-electron chi connectivity index (χ1n) is 7.65. The van der Waals surface area contributed by atoms with Crippen LogP contribution in [0.5, 0.6) is 0 Å². The van der Waals surface area contributed by atoms with E-state index in [2.05, 4.69) is 32.9 Å². The Kier molecular flexibility index (Phi) is 4.66. The number of hydrogen-bond acceptors (Lipinski definition) is 3. The average Bonchev–Trinajstić information content (AvgIpc) is 2.98. The van der Waals surface area contributed by atoms with Crippen LogP contribution in [0.15, 0.2) is 48.9 Å². The lowest BCUT2D eigenvalue weighted by molar-refractivity contribution is 0.506. The molecule has 0 bridgehead atoms. The summed E-state index contributed by atoms with van der Waals surface area (Å²) >= 11 is 0. The van der Waals surface area contributed by atoms with Crippen LogP contribution in [0.3, 0.4) is 0 Å². The number of fused-ring (bicyclic) bond motifs is 1. The normalized spacial score (nSPS) is 12.1. The van der Waals surface area contributed by atoms with Crippen LogP contribution in [0.4, 0.5) is 0 Å². The monoisotopic (exact) mass is 344 g/mol. The van der Waals surface area contributed by atoms with Gasteiger partial charge in [-0.15, -0.1) is 0 Å². The third kappa shape index (κ3) is 3.48. The van der Waals surface area contributed by atoms with Gasteiger partial charge in [0, 0.05) is 50.1 Å². The molecule has 126 valence electrons. The minimum Gasteiger partial charge on any atom is -0.361 e. The summed E-state index contributed by atoms with van der Waals surface area (Å²) < 4.78 is 27.2. The number of aromatic amines is 1. The Bertz CT molecular complexity index is 934. The van der Waals surface area contributed by atoms with Crippen LogP contribution in [0, 0.1) is 0 Å². The summed E-state index contributed by atoms with van der Waals surface area (Å²) in [5.74, 6) is 0. The molecular weight excluding hydrogens is 324 g/mol. The van der Waals surface area contributed by atoms with Gasteiger partial charge in [-0.1, -0.05) is 12.1 Å². The molecule has 0 spiro atoms. The van der Waals surface area contributed by atoms with Crippen molar-refractivity contribution in [1.82, 2.24) is 19.0 Å². The van der Waals surface area contributed by atoms with E-state index in [9.17, 15) is 8.42 Å². The number of pyridine rings is 1. The minimum absolute atomic E-state index is 0.361. The Balaban J connectivity index is 1.77. The molecule has 0 aliphatic carbocycles. The highest BCUT2D eigenvalue weighted by atomic mass is 32.2. The molecule has 2 N–H and O–H groups in total. The third-order valence-corrected chi connectivity index (χ3v) is 5.47. The second-order valence-corrected chi connectivity index (χ2v) is 7.71. The maximum Gasteiger partial charge on any atom is 0.278 e. The zero-order chi connectivity index (χ0) is 17.2. The molecule has 1 aromatic carbocycles. The standard InChI is InChI=1S/C17H20N4O2S/c1-21(2)24(22,23)20-10-7-15-12-19-17-11-14(3-4-16(15)17)13-5-8-18-9-6-13/h3-6,8-9,11-12,19-20H,7,10H2,1-2H3. The molecule has 0 aliphatic rings. The summed E-state index contributed by atoms with van der Waals surface area (Å²) in [6.45, 7) is 0.361. The smallest absolute Gasteiger partial charge is 0.278 e. The molecule has 24 heavy (non-hydrogen) atoms. The van der Waals surface area contributed by atoms with Gasteiger partial charge in [0.1, 0.15) is 0 Å². The van der Waals surface area contributed by atoms with Crippen molar-refractivity contribution >= 4 is 21.1 Å². The Hall–Kier alpha value is -2.22. The maximum atomic E-state index is 11.7. The predicted octanol–water partition coefficient (Wildman–Crippen LogP) is 2.17. The van der Waals surface area contributed by atoms with Gasteiger partial charge in [-0.2, -0.15) is 12.7 Å². The van der Waals surface area contributed by atoms with Crippen molar-refractivity contribution in [3.63, 3.8) is 0 Å². The fourth-order valence-corrected chi connectivity index (χ4v) is 3.18. The molecule has 0 aliphatic heterocycles. The van der Waals surface area contributed by atoms with Gasteiger partial charge in [-0.3, -0.25) is 4.98 Å². The molecule has 0 fully saturated rings. The Morgan fingerprint density at radius 2 is 1.88 bits per heavy atom. The summed E-state index contributed by atoms with van der Waals surface area (Å²) in [4.78, 5) is 7.30. The quantitative estimate of drug-likeness (QED) is 0.719. The molecule has 0 saturated carbocycles. The number of H-pyrrole nitrogens is 1. The van der Waals surface area contributed by atoms with Crippen molar-refractivity contribution < 1.29 is 8.42 Å². The largest absolute Gasteiger partial charge is 0.361 e. The SMILES string of the molecule is CN(C)S(=O)(=O)NCCc1c[nH]c2cc(-c3ccncc3)ccc12. The van der Waals surface area contributed by atoms with E-state index in [0.29, 0.717) is 13.0 Å². The van der Waals surface area contributed by atoms with E-state index in [1.54, 1.807) is 12.4 Å². The topological polar surface area (TPSA) is 78.1 Å². The molecular formula is C17H20N4O2S. The van der Waals surface area contributed by atoms with Gasteiger partial charge in [0.15, 0.2) is 0 Å². The fraction of sp³-hybridized carbons (Fsp3) is 0.235. The van der Waals surface area contributed by atoms with Crippen molar-refractivity contribution in [2.75, 3.05) is 20.6 Å². The van der Waals surface area contributed by atoms with E-state index >= 15 is 0 Å². The van der Waals surface area contributed by atoms with Crippen LogP contribution in [-0.4, -0.2) is 43.3 Å². The van der Waals surface area contributed by atoms with Gasteiger partial charge in [-0.25, -0.2) is 4.72 Å². The van der Waals surface area contributed by atoms with Gasteiger partial charge in [0.05, 0.1) is 0 Å². The lowest BCUT2D eigenvalue weighted by Gasteiger charge is -2.11. The van der Waals surface area contributed by atoms with E-state index in [1.807, 2.05) is 18.3 Å². The summed E-state index contributed by atoms with van der Waals surface area (Å²) in [7, 11) is -0.363. The average molecular weight is 344 g/mol. The van der Waals surface area contributed by atoms with Crippen LogP contribution in [0.1, 0.15) is 5.56 Å². The van der Waals surface area contributed by atoms with Gasteiger partial charge in [0.25, 0.3) is 10.2 Å². The molecule has 0 unspecified atom stereocenters. The molecule has 0 radical (unpaired) electrons. The van der Waals surface area contributed by atoms with Gasteiger partial charge >= 0.3 is 0 Å². The number of nitrogens with one attached hydrogen (secondary N) is 2. The second kappa shape index (κ2) is 6.72. The summed E-state index contributed by atoms with van der Waals surface area (Å²) in [5, 5.41) is 1.11. The summed E-state index contributed by atoms with van der Waals surface area (Å²) in [5.41, 5.74) is 4.36. The minimum atomic E-state index is -3.38. The van der Waals surface area contributed by atoms with Crippen LogP contribution >= 0.6 is 0 Å². The molecule has 6 nitrogen and oxygen atoms in total. The van der Waals surface area contributed by atoms with Crippen molar-refractivity contribution in [2.45, 2.75) is 6.42 Å². The van der Waals surface area contributed by atoms with Gasteiger partial charge in [0.2, 0.25) is 0 Å². The first-order valence-corrected chi connectivity index (χ1v) is 9.09. The Morgan fingerprint density at radius 1 is 1.12 bits per heavy atom.